The molecular weight excluding hydrogens is 861 g/mol. The molecule has 0 fully saturated rings. The first-order valence-corrected chi connectivity index (χ1v) is 24.3. The van der Waals surface area contributed by atoms with Crippen molar-refractivity contribution < 1.29 is 4.42 Å². The number of hydrogen-bond acceptors (Lipinski definition) is 2. The average Bonchev–Trinajstić information content (AvgIpc) is 4.00. The third kappa shape index (κ3) is 6.89. The molecule has 2 heterocycles. The van der Waals surface area contributed by atoms with E-state index in [2.05, 4.69) is 276 Å². The number of aromatic nitrogens is 1. The summed E-state index contributed by atoms with van der Waals surface area (Å²) in [7, 11) is 0. The molecule has 14 rings (SSSR count). The van der Waals surface area contributed by atoms with Crippen LogP contribution in [-0.4, -0.2) is 4.57 Å². The van der Waals surface area contributed by atoms with Gasteiger partial charge in [0.25, 0.3) is 0 Å². The van der Waals surface area contributed by atoms with E-state index in [9.17, 15) is 0 Å². The van der Waals surface area contributed by atoms with E-state index >= 15 is 0 Å². The molecule has 0 saturated carbocycles. The highest BCUT2D eigenvalue weighted by molar-refractivity contribution is 6.15. The van der Waals surface area contributed by atoms with E-state index in [0.717, 1.165) is 83.5 Å². The molecule has 0 aliphatic carbocycles. The normalized spacial score (nSPS) is 11.7. The van der Waals surface area contributed by atoms with E-state index in [4.69, 9.17) is 4.42 Å². The van der Waals surface area contributed by atoms with Crippen molar-refractivity contribution in [2.24, 2.45) is 0 Å². The van der Waals surface area contributed by atoms with Gasteiger partial charge in [-0.3, -0.25) is 0 Å². The summed E-state index contributed by atoms with van der Waals surface area (Å²) in [5.74, 6) is 0. The molecule has 3 nitrogen and oxygen atoms in total. The summed E-state index contributed by atoms with van der Waals surface area (Å²) in [6, 6.07) is 96.8. The van der Waals surface area contributed by atoms with E-state index in [1.54, 1.807) is 0 Å². The van der Waals surface area contributed by atoms with Crippen LogP contribution in [0.25, 0.3) is 115 Å². The predicted molar refractivity (Wildman–Crippen MR) is 299 cm³/mol. The zero-order chi connectivity index (χ0) is 46.8. The third-order valence-electron chi connectivity index (χ3n) is 14.4. The molecule has 0 saturated heterocycles. The molecule has 0 atom stereocenters. The van der Waals surface area contributed by atoms with Crippen LogP contribution in [0.2, 0.25) is 0 Å². The lowest BCUT2D eigenvalue weighted by Crippen LogP contribution is -2.11. The van der Waals surface area contributed by atoms with Gasteiger partial charge in [0.2, 0.25) is 0 Å². The zero-order valence-electron chi connectivity index (χ0n) is 38.7. The first-order chi connectivity index (χ1) is 35.2. The number of rotatable bonds is 8. The zero-order valence-corrected chi connectivity index (χ0v) is 38.7. The topological polar surface area (TPSA) is 21.3 Å². The second kappa shape index (κ2) is 16.7. The number of benzene rings is 12. The molecule has 14 aromatic rings. The average molecular weight is 905 g/mol. The lowest BCUT2D eigenvalue weighted by Gasteiger charge is -2.29. The van der Waals surface area contributed by atoms with E-state index in [-0.39, 0.29) is 0 Å². The summed E-state index contributed by atoms with van der Waals surface area (Å²) in [6.45, 7) is 0. The smallest absolute Gasteiger partial charge is 0.143 e. The van der Waals surface area contributed by atoms with Crippen molar-refractivity contribution in [1.29, 1.82) is 0 Å². The monoisotopic (exact) mass is 904 g/mol. The molecule has 0 bridgehead atoms. The fraction of sp³-hybridized carbons (Fsp3) is 0. The summed E-state index contributed by atoms with van der Waals surface area (Å²) in [5, 5.41) is 9.55. The largest absolute Gasteiger partial charge is 0.455 e. The molecule has 332 valence electrons. The Bertz CT molecular complexity index is 4270. The quantitative estimate of drug-likeness (QED) is 0.151. The summed E-state index contributed by atoms with van der Waals surface area (Å²) >= 11 is 0. The number of nitrogens with zero attached hydrogens (tertiary/aromatic N) is 2. The maximum absolute atomic E-state index is 6.62. The van der Waals surface area contributed by atoms with Gasteiger partial charge in [-0.1, -0.05) is 188 Å². The van der Waals surface area contributed by atoms with Gasteiger partial charge in [0.1, 0.15) is 11.2 Å². The Balaban J connectivity index is 0.892. The number of furan rings is 1. The Morgan fingerprint density at radius 2 is 0.831 bits per heavy atom. The van der Waals surface area contributed by atoms with Crippen molar-refractivity contribution in [3.05, 3.63) is 267 Å². The first kappa shape index (κ1) is 40.6. The van der Waals surface area contributed by atoms with Gasteiger partial charge in [-0.05, 0) is 134 Å². The van der Waals surface area contributed by atoms with Crippen LogP contribution in [0.3, 0.4) is 0 Å². The standard InChI is InChI=1S/C68H44N2O/c1-2-14-48(15-3-1)63-43-52(57-25-13-18-47-16-4-6-21-56(47)57)34-41-66(63)69(54-37-30-46(31-38-54)51-33-39-61-62-40-32-49-17-5-7-22-58(49)68(62)71-67(61)44-51)53-35-28-45(29-36-53)50-19-12-20-55(42-50)70-64-26-10-8-23-59(64)60-24-9-11-27-65(60)70/h1-44H. The summed E-state index contributed by atoms with van der Waals surface area (Å²) in [5.41, 5.74) is 17.8. The van der Waals surface area contributed by atoms with Gasteiger partial charge in [-0.2, -0.15) is 0 Å². The lowest BCUT2D eigenvalue weighted by atomic mass is 9.93. The van der Waals surface area contributed by atoms with Crippen LogP contribution < -0.4 is 4.90 Å². The Labute approximate surface area is 411 Å². The molecule has 0 N–H and O–H groups in total. The minimum absolute atomic E-state index is 0.888. The first-order valence-electron chi connectivity index (χ1n) is 24.3. The van der Waals surface area contributed by atoms with Gasteiger partial charge >= 0.3 is 0 Å². The van der Waals surface area contributed by atoms with E-state index in [0.29, 0.717) is 0 Å². The third-order valence-corrected chi connectivity index (χ3v) is 14.4. The van der Waals surface area contributed by atoms with Crippen molar-refractivity contribution in [3.63, 3.8) is 0 Å². The molecule has 2 aromatic heterocycles. The van der Waals surface area contributed by atoms with Crippen LogP contribution in [0.1, 0.15) is 0 Å². The summed E-state index contributed by atoms with van der Waals surface area (Å²) in [6.07, 6.45) is 0. The van der Waals surface area contributed by atoms with Crippen molar-refractivity contribution in [2.75, 3.05) is 4.90 Å². The van der Waals surface area contributed by atoms with Crippen LogP contribution in [0.4, 0.5) is 17.1 Å². The number of fused-ring (bicyclic) bond motifs is 9. The van der Waals surface area contributed by atoms with Crippen LogP contribution in [-0.2, 0) is 0 Å². The highest BCUT2D eigenvalue weighted by Crippen LogP contribution is 2.45. The maximum Gasteiger partial charge on any atom is 0.143 e. The highest BCUT2D eigenvalue weighted by atomic mass is 16.3. The van der Waals surface area contributed by atoms with Gasteiger partial charge in [-0.15, -0.1) is 0 Å². The van der Waals surface area contributed by atoms with Crippen LogP contribution in [0.15, 0.2) is 271 Å². The number of hydrogen-bond donors (Lipinski definition) is 0. The van der Waals surface area contributed by atoms with Gasteiger partial charge < -0.3 is 13.9 Å². The van der Waals surface area contributed by atoms with Gasteiger partial charge in [0.15, 0.2) is 0 Å². The maximum atomic E-state index is 6.62. The van der Waals surface area contributed by atoms with Crippen molar-refractivity contribution in [3.8, 4) is 50.2 Å². The Hall–Kier alpha value is -9.44. The van der Waals surface area contributed by atoms with Crippen molar-refractivity contribution >= 4 is 82.4 Å². The van der Waals surface area contributed by atoms with Gasteiger partial charge in [0, 0.05) is 49.6 Å². The molecule has 0 spiro atoms. The molecule has 0 radical (unpaired) electrons. The SMILES string of the molecule is c1ccc(-c2cc(-c3cccc4ccccc34)ccc2N(c2ccc(-c3cccc(-n4c5ccccc5c5ccccc54)c3)cc2)c2ccc(-c3ccc4c(c3)oc3c5ccccc5ccc43)cc2)cc1. The fourth-order valence-electron chi connectivity index (χ4n) is 11.0. The lowest BCUT2D eigenvalue weighted by molar-refractivity contribution is 0.673. The molecule has 3 heteroatoms. The van der Waals surface area contributed by atoms with Crippen LogP contribution in [0.5, 0.6) is 0 Å². The Morgan fingerprint density at radius 3 is 1.55 bits per heavy atom. The molecule has 71 heavy (non-hydrogen) atoms. The Kier molecular flexibility index (Phi) is 9.53. The molecule has 0 aliphatic heterocycles. The number of para-hydroxylation sites is 2. The second-order valence-electron chi connectivity index (χ2n) is 18.5. The summed E-state index contributed by atoms with van der Waals surface area (Å²) < 4.78 is 9.00. The van der Waals surface area contributed by atoms with Crippen LogP contribution in [0, 0.1) is 0 Å². The molecule has 0 unspecified atom stereocenters. The van der Waals surface area contributed by atoms with E-state index in [1.807, 2.05) is 0 Å². The fourth-order valence-corrected chi connectivity index (χ4v) is 11.0. The summed E-state index contributed by atoms with van der Waals surface area (Å²) in [4.78, 5) is 2.41. The minimum Gasteiger partial charge on any atom is -0.455 e. The van der Waals surface area contributed by atoms with Crippen molar-refractivity contribution in [1.82, 2.24) is 4.57 Å². The Morgan fingerprint density at radius 1 is 0.296 bits per heavy atom. The van der Waals surface area contributed by atoms with Crippen LogP contribution >= 0.6 is 0 Å². The minimum atomic E-state index is 0.888. The van der Waals surface area contributed by atoms with Crippen molar-refractivity contribution in [2.45, 2.75) is 0 Å². The predicted octanol–water partition coefficient (Wildman–Crippen LogP) is 19.1. The van der Waals surface area contributed by atoms with E-state index < -0.39 is 0 Å². The van der Waals surface area contributed by atoms with Gasteiger partial charge in [-0.25, -0.2) is 0 Å². The second-order valence-corrected chi connectivity index (χ2v) is 18.5. The van der Waals surface area contributed by atoms with E-state index in [1.165, 1.54) is 49.1 Å². The molecule has 0 amide bonds. The molecular formula is C68H44N2O. The number of anilines is 3. The highest BCUT2D eigenvalue weighted by Gasteiger charge is 2.21. The van der Waals surface area contributed by atoms with Gasteiger partial charge in [0.05, 0.1) is 16.7 Å². The molecule has 0 aliphatic rings. The molecule has 12 aromatic carbocycles.